The van der Waals surface area contributed by atoms with Crippen molar-refractivity contribution in [3.05, 3.63) is 58.3 Å². The lowest BCUT2D eigenvalue weighted by atomic mass is 10.1. The third-order valence-electron chi connectivity index (χ3n) is 2.94. The second-order valence-electron chi connectivity index (χ2n) is 4.71. The molecule has 0 unspecified atom stereocenters. The molecule has 0 spiro atoms. The van der Waals surface area contributed by atoms with E-state index in [1.54, 1.807) is 18.2 Å². The Hall–Kier alpha value is -2.34. The molecule has 21 heavy (non-hydrogen) atoms. The molecule has 0 aliphatic carbocycles. The maximum Gasteiger partial charge on any atom is 0.258 e. The first kappa shape index (κ1) is 13.6. The Labute approximate surface area is 130 Å². The van der Waals surface area contributed by atoms with Crippen LogP contribution in [0.4, 0.5) is 11.4 Å². The van der Waals surface area contributed by atoms with Gasteiger partial charge in [0.25, 0.3) is 5.89 Å². The van der Waals surface area contributed by atoms with Crippen LogP contribution in [-0.4, -0.2) is 10.1 Å². The Balaban J connectivity index is 1.86. The first-order valence-corrected chi connectivity index (χ1v) is 7.13. The number of rotatable bonds is 3. The number of hydrogen-bond acceptors (Lipinski definition) is 5. The predicted molar refractivity (Wildman–Crippen MR) is 85.5 cm³/mol. The average Bonchev–Trinajstić information content (AvgIpc) is 2.86. The van der Waals surface area contributed by atoms with Gasteiger partial charge in [-0.05, 0) is 35.9 Å². The summed E-state index contributed by atoms with van der Waals surface area (Å²) in [6.45, 7) is 0. The molecule has 106 valence electrons. The minimum absolute atomic E-state index is 0.416. The van der Waals surface area contributed by atoms with Crippen molar-refractivity contribution in [3.63, 3.8) is 0 Å². The summed E-state index contributed by atoms with van der Waals surface area (Å²) in [7, 11) is 0. The summed E-state index contributed by atoms with van der Waals surface area (Å²) in [5.74, 6) is 1.03. The number of benzene rings is 2. The maximum atomic E-state index is 5.77. The maximum absolute atomic E-state index is 5.77. The molecule has 0 amide bonds. The zero-order chi connectivity index (χ0) is 14.8. The third kappa shape index (κ3) is 3.22. The minimum Gasteiger partial charge on any atom is -0.399 e. The lowest BCUT2D eigenvalue weighted by molar-refractivity contribution is 0.424. The van der Waals surface area contributed by atoms with Crippen LogP contribution < -0.4 is 11.5 Å². The molecule has 5 nitrogen and oxygen atoms in total. The highest BCUT2D eigenvalue weighted by atomic mass is 79.9. The molecular weight excluding hydrogens is 332 g/mol. The molecule has 6 heteroatoms. The molecule has 0 saturated heterocycles. The second-order valence-corrected chi connectivity index (χ2v) is 5.63. The number of nitrogens with zero attached hydrogens (tertiary/aromatic N) is 2. The second kappa shape index (κ2) is 5.57. The van der Waals surface area contributed by atoms with Crippen molar-refractivity contribution in [2.24, 2.45) is 0 Å². The van der Waals surface area contributed by atoms with Crippen LogP contribution in [0.2, 0.25) is 0 Å². The number of anilines is 2. The topological polar surface area (TPSA) is 91.0 Å². The monoisotopic (exact) mass is 344 g/mol. The van der Waals surface area contributed by atoms with Crippen molar-refractivity contribution in [3.8, 4) is 11.5 Å². The van der Waals surface area contributed by atoms with Gasteiger partial charge in [0.15, 0.2) is 5.82 Å². The fourth-order valence-corrected chi connectivity index (χ4v) is 2.52. The van der Waals surface area contributed by atoms with Gasteiger partial charge in [-0.3, -0.25) is 0 Å². The normalized spacial score (nSPS) is 10.7. The van der Waals surface area contributed by atoms with Gasteiger partial charge in [0, 0.05) is 27.8 Å². The summed E-state index contributed by atoms with van der Waals surface area (Å²) in [6.07, 6.45) is 0.598. The van der Waals surface area contributed by atoms with E-state index >= 15 is 0 Å². The van der Waals surface area contributed by atoms with Crippen LogP contribution in [0.15, 0.2) is 51.5 Å². The van der Waals surface area contributed by atoms with Crippen LogP contribution in [0.3, 0.4) is 0 Å². The van der Waals surface area contributed by atoms with Gasteiger partial charge in [0.1, 0.15) is 0 Å². The Kier molecular flexibility index (Phi) is 3.62. The molecule has 1 aromatic heterocycles. The Morgan fingerprint density at radius 3 is 2.52 bits per heavy atom. The van der Waals surface area contributed by atoms with E-state index in [2.05, 4.69) is 26.1 Å². The Morgan fingerprint density at radius 1 is 1.05 bits per heavy atom. The van der Waals surface area contributed by atoms with Crippen molar-refractivity contribution in [1.82, 2.24) is 10.1 Å². The predicted octanol–water partition coefficient (Wildman–Crippen LogP) is 3.25. The highest BCUT2D eigenvalue weighted by Crippen LogP contribution is 2.24. The highest BCUT2D eigenvalue weighted by molar-refractivity contribution is 9.10. The van der Waals surface area contributed by atoms with E-state index < -0.39 is 0 Å². The standard InChI is InChI=1S/C15H13BrN4O/c16-11-3-1-2-9(4-11)5-14-19-15(21-20-14)10-6-12(17)8-13(18)7-10/h1-4,6-8H,5,17-18H2. The van der Waals surface area contributed by atoms with E-state index in [0.717, 1.165) is 15.6 Å². The SMILES string of the molecule is Nc1cc(N)cc(-c2nc(Cc3cccc(Br)c3)no2)c1. The number of halogens is 1. The lowest BCUT2D eigenvalue weighted by Gasteiger charge is -1.99. The molecule has 4 N–H and O–H groups in total. The summed E-state index contributed by atoms with van der Waals surface area (Å²) < 4.78 is 6.30. The van der Waals surface area contributed by atoms with Crippen molar-refractivity contribution >= 4 is 27.3 Å². The van der Waals surface area contributed by atoms with E-state index in [0.29, 0.717) is 29.5 Å². The van der Waals surface area contributed by atoms with Crippen molar-refractivity contribution in [1.29, 1.82) is 0 Å². The van der Waals surface area contributed by atoms with Crippen LogP contribution in [0.25, 0.3) is 11.5 Å². The number of hydrogen-bond donors (Lipinski definition) is 2. The zero-order valence-corrected chi connectivity index (χ0v) is 12.7. The van der Waals surface area contributed by atoms with E-state index in [4.69, 9.17) is 16.0 Å². The highest BCUT2D eigenvalue weighted by Gasteiger charge is 2.10. The Bertz CT molecular complexity index is 765. The van der Waals surface area contributed by atoms with E-state index in [1.807, 2.05) is 24.3 Å². The molecule has 0 saturated carbocycles. The van der Waals surface area contributed by atoms with Gasteiger partial charge in [0.05, 0.1) is 0 Å². The van der Waals surface area contributed by atoms with E-state index in [-0.39, 0.29) is 0 Å². The zero-order valence-electron chi connectivity index (χ0n) is 11.1. The number of aromatic nitrogens is 2. The molecule has 0 bridgehead atoms. The molecule has 0 radical (unpaired) electrons. The summed E-state index contributed by atoms with van der Waals surface area (Å²) in [5, 5.41) is 3.99. The first-order valence-electron chi connectivity index (χ1n) is 6.33. The molecule has 2 aromatic carbocycles. The van der Waals surface area contributed by atoms with Crippen molar-refractivity contribution in [2.45, 2.75) is 6.42 Å². The van der Waals surface area contributed by atoms with Gasteiger partial charge in [-0.1, -0.05) is 33.2 Å². The van der Waals surface area contributed by atoms with Crippen LogP contribution in [0.5, 0.6) is 0 Å². The fourth-order valence-electron chi connectivity index (χ4n) is 2.07. The van der Waals surface area contributed by atoms with Gasteiger partial charge in [-0.15, -0.1) is 0 Å². The van der Waals surface area contributed by atoms with Crippen LogP contribution in [-0.2, 0) is 6.42 Å². The molecule has 0 aliphatic rings. The quantitative estimate of drug-likeness (QED) is 0.711. The van der Waals surface area contributed by atoms with Gasteiger partial charge < -0.3 is 16.0 Å². The van der Waals surface area contributed by atoms with Crippen molar-refractivity contribution < 1.29 is 4.52 Å². The van der Waals surface area contributed by atoms with Crippen LogP contribution in [0.1, 0.15) is 11.4 Å². The summed E-state index contributed by atoms with van der Waals surface area (Å²) in [6, 6.07) is 13.2. The van der Waals surface area contributed by atoms with Crippen LogP contribution in [0, 0.1) is 0 Å². The molecule has 1 heterocycles. The molecule has 3 rings (SSSR count). The molecule has 3 aromatic rings. The minimum atomic E-state index is 0.416. The third-order valence-corrected chi connectivity index (χ3v) is 3.44. The lowest BCUT2D eigenvalue weighted by Crippen LogP contribution is -1.92. The summed E-state index contributed by atoms with van der Waals surface area (Å²) >= 11 is 3.44. The average molecular weight is 345 g/mol. The van der Waals surface area contributed by atoms with E-state index in [9.17, 15) is 0 Å². The summed E-state index contributed by atoms with van der Waals surface area (Å²) in [4.78, 5) is 4.38. The molecular formula is C15H13BrN4O. The summed E-state index contributed by atoms with van der Waals surface area (Å²) in [5.41, 5.74) is 14.5. The largest absolute Gasteiger partial charge is 0.399 e. The first-order chi connectivity index (χ1) is 10.1. The smallest absolute Gasteiger partial charge is 0.258 e. The number of nitrogen functional groups attached to an aromatic ring is 2. The molecule has 0 fully saturated rings. The fraction of sp³-hybridized carbons (Fsp3) is 0.0667. The van der Waals surface area contributed by atoms with Crippen molar-refractivity contribution in [2.75, 3.05) is 11.5 Å². The van der Waals surface area contributed by atoms with E-state index in [1.165, 1.54) is 0 Å². The molecule has 0 aliphatic heterocycles. The van der Waals surface area contributed by atoms with Gasteiger partial charge in [-0.2, -0.15) is 4.98 Å². The van der Waals surface area contributed by atoms with Gasteiger partial charge in [0.2, 0.25) is 0 Å². The Morgan fingerprint density at radius 2 is 1.81 bits per heavy atom. The number of nitrogens with two attached hydrogens (primary N) is 2. The molecule has 0 atom stereocenters. The van der Waals surface area contributed by atoms with Crippen LogP contribution >= 0.6 is 15.9 Å². The van der Waals surface area contributed by atoms with Gasteiger partial charge in [-0.25, -0.2) is 0 Å². The van der Waals surface area contributed by atoms with Gasteiger partial charge >= 0.3 is 0 Å².